The number of hydrogen-bond donors (Lipinski definition) is 1. The van der Waals surface area contributed by atoms with Crippen molar-refractivity contribution in [3.63, 3.8) is 0 Å². The van der Waals surface area contributed by atoms with E-state index in [1.54, 1.807) is 13.0 Å². The third-order valence-corrected chi connectivity index (χ3v) is 5.84. The highest BCUT2D eigenvalue weighted by Crippen LogP contribution is 2.30. The minimum Gasteiger partial charge on any atom is -0.330 e. The van der Waals surface area contributed by atoms with Gasteiger partial charge in [-0.2, -0.15) is 4.31 Å². The molecule has 0 aromatic heterocycles. The van der Waals surface area contributed by atoms with Crippen molar-refractivity contribution < 1.29 is 13.3 Å². The summed E-state index contributed by atoms with van der Waals surface area (Å²) in [6, 6.07) is 13.4. The lowest BCUT2D eigenvalue weighted by Crippen LogP contribution is -2.33. The highest BCUT2D eigenvalue weighted by atomic mass is 32.2. The molecular weight excluding hydrogens is 342 g/mol. The SMILES string of the molecule is Cc1cccc([N+](=O)[O-])c1S(=O)(=O)N(CCCN)Cc1ccccc1. The number of nitrogens with zero attached hydrogens (tertiary/aromatic N) is 2. The lowest BCUT2D eigenvalue weighted by Gasteiger charge is -2.23. The van der Waals surface area contributed by atoms with Crippen molar-refractivity contribution in [1.29, 1.82) is 0 Å². The van der Waals surface area contributed by atoms with Crippen LogP contribution in [-0.4, -0.2) is 30.7 Å². The molecule has 0 spiro atoms. The Morgan fingerprint density at radius 1 is 1.12 bits per heavy atom. The average molecular weight is 363 g/mol. The summed E-state index contributed by atoms with van der Waals surface area (Å²) >= 11 is 0. The maximum absolute atomic E-state index is 13.2. The molecule has 0 fully saturated rings. The van der Waals surface area contributed by atoms with Gasteiger partial charge in [0.05, 0.1) is 4.92 Å². The van der Waals surface area contributed by atoms with E-state index in [1.165, 1.54) is 16.4 Å². The van der Waals surface area contributed by atoms with Crippen LogP contribution in [0.15, 0.2) is 53.4 Å². The van der Waals surface area contributed by atoms with Crippen LogP contribution in [0.25, 0.3) is 0 Å². The van der Waals surface area contributed by atoms with Gasteiger partial charge in [-0.25, -0.2) is 8.42 Å². The number of aryl methyl sites for hydroxylation is 1. The van der Waals surface area contributed by atoms with Gasteiger partial charge < -0.3 is 5.73 Å². The summed E-state index contributed by atoms with van der Waals surface area (Å²) in [6.07, 6.45) is 0.464. The van der Waals surface area contributed by atoms with Crippen molar-refractivity contribution in [2.45, 2.75) is 24.8 Å². The molecule has 8 heteroatoms. The number of sulfonamides is 1. The van der Waals surface area contributed by atoms with Gasteiger partial charge in [-0.15, -0.1) is 0 Å². The number of hydrogen-bond acceptors (Lipinski definition) is 5. The minimum atomic E-state index is -4.04. The van der Waals surface area contributed by atoms with Gasteiger partial charge in [0.25, 0.3) is 5.69 Å². The number of rotatable bonds is 8. The molecule has 0 radical (unpaired) electrons. The summed E-state index contributed by atoms with van der Waals surface area (Å²) in [7, 11) is -4.04. The van der Waals surface area contributed by atoms with Crippen LogP contribution in [0, 0.1) is 17.0 Å². The molecule has 0 aliphatic heterocycles. The summed E-state index contributed by atoms with van der Waals surface area (Å²) in [4.78, 5) is 10.4. The van der Waals surface area contributed by atoms with Gasteiger partial charge in [-0.1, -0.05) is 42.5 Å². The lowest BCUT2D eigenvalue weighted by atomic mass is 10.2. The molecule has 0 bridgehead atoms. The van der Waals surface area contributed by atoms with E-state index in [0.29, 0.717) is 18.5 Å². The van der Waals surface area contributed by atoms with E-state index in [4.69, 9.17) is 5.73 Å². The van der Waals surface area contributed by atoms with Crippen molar-refractivity contribution in [2.75, 3.05) is 13.1 Å². The van der Waals surface area contributed by atoms with Crippen LogP contribution in [-0.2, 0) is 16.6 Å². The zero-order chi connectivity index (χ0) is 18.4. The second-order valence-corrected chi connectivity index (χ2v) is 7.52. The highest BCUT2D eigenvalue weighted by molar-refractivity contribution is 7.89. The Morgan fingerprint density at radius 3 is 2.40 bits per heavy atom. The summed E-state index contributed by atoms with van der Waals surface area (Å²) < 4.78 is 27.6. The molecule has 0 aliphatic carbocycles. The Bertz CT molecular complexity index is 838. The van der Waals surface area contributed by atoms with Crippen LogP contribution in [0.2, 0.25) is 0 Å². The number of benzene rings is 2. The van der Waals surface area contributed by atoms with E-state index < -0.39 is 20.6 Å². The van der Waals surface area contributed by atoms with E-state index in [2.05, 4.69) is 0 Å². The molecule has 25 heavy (non-hydrogen) atoms. The normalized spacial score (nSPS) is 11.6. The van der Waals surface area contributed by atoms with Crippen molar-refractivity contribution in [3.8, 4) is 0 Å². The van der Waals surface area contributed by atoms with Gasteiger partial charge in [-0.05, 0) is 31.0 Å². The highest BCUT2D eigenvalue weighted by Gasteiger charge is 2.33. The molecule has 0 atom stereocenters. The van der Waals surface area contributed by atoms with E-state index >= 15 is 0 Å². The van der Waals surface area contributed by atoms with Gasteiger partial charge in [0.1, 0.15) is 0 Å². The maximum Gasteiger partial charge on any atom is 0.289 e. The Labute approximate surface area is 147 Å². The first-order chi connectivity index (χ1) is 11.9. The zero-order valence-corrected chi connectivity index (χ0v) is 14.8. The molecule has 2 rings (SSSR count). The fourth-order valence-corrected chi connectivity index (χ4v) is 4.41. The minimum absolute atomic E-state index is 0.134. The lowest BCUT2D eigenvalue weighted by molar-refractivity contribution is -0.387. The Hall–Kier alpha value is -2.29. The smallest absolute Gasteiger partial charge is 0.289 e. The molecule has 134 valence electrons. The van der Waals surface area contributed by atoms with Crippen molar-refractivity contribution in [2.24, 2.45) is 5.73 Å². The van der Waals surface area contributed by atoms with E-state index in [0.717, 1.165) is 5.56 Å². The Kier molecular flexibility index (Phi) is 6.24. The first-order valence-corrected chi connectivity index (χ1v) is 9.30. The largest absolute Gasteiger partial charge is 0.330 e. The first-order valence-electron chi connectivity index (χ1n) is 7.86. The third kappa shape index (κ3) is 4.41. The van der Waals surface area contributed by atoms with Crippen molar-refractivity contribution >= 4 is 15.7 Å². The summed E-state index contributed by atoms with van der Waals surface area (Å²) in [5.41, 5.74) is 6.27. The number of nitro groups is 1. The first kappa shape index (κ1) is 19.0. The van der Waals surface area contributed by atoms with Crippen molar-refractivity contribution in [1.82, 2.24) is 4.31 Å². The molecule has 2 aromatic carbocycles. The second kappa shape index (κ2) is 8.19. The van der Waals surface area contributed by atoms with E-state index in [1.807, 2.05) is 30.3 Å². The standard InChI is InChI=1S/C17H21N3O4S/c1-14-7-5-10-16(20(21)22)17(14)25(23,24)19(12-6-11-18)13-15-8-3-2-4-9-15/h2-5,7-10H,6,11-13,18H2,1H3. The molecule has 7 nitrogen and oxygen atoms in total. The van der Waals surface area contributed by atoms with Crippen LogP contribution in [0.1, 0.15) is 17.5 Å². The maximum atomic E-state index is 13.2. The topological polar surface area (TPSA) is 107 Å². The van der Waals surface area contributed by atoms with Crippen molar-refractivity contribution in [3.05, 3.63) is 69.8 Å². The fourth-order valence-electron chi connectivity index (χ4n) is 2.58. The van der Waals surface area contributed by atoms with Gasteiger partial charge in [0.2, 0.25) is 10.0 Å². The van der Waals surface area contributed by atoms with Crippen LogP contribution < -0.4 is 5.73 Å². The van der Waals surface area contributed by atoms with Gasteiger partial charge in [0, 0.05) is 19.2 Å². The summed E-state index contributed by atoms with van der Waals surface area (Å²) in [5.74, 6) is 0. The molecular formula is C17H21N3O4S. The molecule has 0 aliphatic rings. The van der Waals surface area contributed by atoms with Crippen LogP contribution >= 0.6 is 0 Å². The van der Waals surface area contributed by atoms with Gasteiger partial charge >= 0.3 is 0 Å². The van der Waals surface area contributed by atoms with Crippen LogP contribution in [0.5, 0.6) is 0 Å². The molecule has 0 heterocycles. The Balaban J connectivity index is 2.50. The molecule has 0 saturated carbocycles. The van der Waals surface area contributed by atoms with E-state index in [-0.39, 0.29) is 18.0 Å². The fraction of sp³-hybridized carbons (Fsp3) is 0.294. The third-order valence-electron chi connectivity index (χ3n) is 3.80. The number of nitro benzene ring substituents is 1. The Morgan fingerprint density at radius 2 is 1.80 bits per heavy atom. The molecule has 0 amide bonds. The quantitative estimate of drug-likeness (QED) is 0.573. The summed E-state index contributed by atoms with van der Waals surface area (Å²) in [5, 5.41) is 11.3. The van der Waals surface area contributed by atoms with Gasteiger partial charge in [-0.3, -0.25) is 10.1 Å². The van der Waals surface area contributed by atoms with Crippen LogP contribution in [0.3, 0.4) is 0 Å². The zero-order valence-electron chi connectivity index (χ0n) is 14.0. The predicted molar refractivity (Wildman–Crippen MR) is 95.5 cm³/mol. The molecule has 0 unspecified atom stereocenters. The predicted octanol–water partition coefficient (Wildman–Crippen LogP) is 2.44. The average Bonchev–Trinajstić information content (AvgIpc) is 2.58. The number of nitrogens with two attached hydrogens (primary N) is 1. The second-order valence-electron chi connectivity index (χ2n) is 5.65. The van der Waals surface area contributed by atoms with Gasteiger partial charge in [0.15, 0.2) is 4.90 Å². The van der Waals surface area contributed by atoms with Crippen LogP contribution in [0.4, 0.5) is 5.69 Å². The monoisotopic (exact) mass is 363 g/mol. The van der Waals surface area contributed by atoms with E-state index in [9.17, 15) is 18.5 Å². The molecule has 0 saturated heterocycles. The molecule has 2 N–H and O–H groups in total. The summed E-state index contributed by atoms with van der Waals surface area (Å²) in [6.45, 7) is 2.22. The molecule has 2 aromatic rings.